The number of benzene rings is 1. The molecule has 0 saturated heterocycles. The summed E-state index contributed by atoms with van der Waals surface area (Å²) in [7, 11) is 0. The van der Waals surface area contributed by atoms with E-state index in [1.165, 1.54) is 38.9 Å². The minimum atomic E-state index is 0.451. The van der Waals surface area contributed by atoms with Crippen LogP contribution in [0.5, 0.6) is 0 Å². The molecule has 114 valence electrons. The molecule has 1 aromatic carbocycles. The molecule has 2 aromatic rings. The predicted octanol–water partition coefficient (Wildman–Crippen LogP) is 4.99. The van der Waals surface area contributed by atoms with Gasteiger partial charge in [0.25, 0.3) is 0 Å². The maximum Gasteiger partial charge on any atom is 0.125 e. The SMILES string of the molecule is Cc1c(C)c(C)c(-c2ccoc2CNC(C)C)c(C)c1C. The summed E-state index contributed by atoms with van der Waals surface area (Å²) >= 11 is 0. The minimum Gasteiger partial charge on any atom is -0.467 e. The molecule has 1 N–H and O–H groups in total. The maximum atomic E-state index is 5.73. The van der Waals surface area contributed by atoms with Crippen LogP contribution in [0, 0.1) is 34.6 Å². The zero-order valence-corrected chi connectivity index (χ0v) is 14.3. The third-order valence-electron chi connectivity index (χ3n) is 4.69. The predicted molar refractivity (Wildman–Crippen MR) is 89.8 cm³/mol. The molecule has 0 aliphatic carbocycles. The highest BCUT2D eigenvalue weighted by molar-refractivity contribution is 5.75. The Morgan fingerprint density at radius 1 is 0.905 bits per heavy atom. The van der Waals surface area contributed by atoms with Gasteiger partial charge in [-0.25, -0.2) is 0 Å². The molecule has 0 bridgehead atoms. The fourth-order valence-electron chi connectivity index (χ4n) is 2.90. The second-order valence-electron chi connectivity index (χ2n) is 6.29. The van der Waals surface area contributed by atoms with E-state index in [0.717, 1.165) is 12.3 Å². The molecule has 0 atom stereocenters. The van der Waals surface area contributed by atoms with Gasteiger partial charge in [-0.2, -0.15) is 0 Å². The second kappa shape index (κ2) is 6.07. The van der Waals surface area contributed by atoms with Gasteiger partial charge in [-0.05, 0) is 74.1 Å². The summed E-state index contributed by atoms with van der Waals surface area (Å²) in [5, 5.41) is 3.44. The normalized spacial score (nSPS) is 11.4. The first-order valence-electron chi connectivity index (χ1n) is 7.71. The van der Waals surface area contributed by atoms with Crippen molar-refractivity contribution in [2.75, 3.05) is 0 Å². The smallest absolute Gasteiger partial charge is 0.125 e. The monoisotopic (exact) mass is 285 g/mol. The summed E-state index contributed by atoms with van der Waals surface area (Å²) in [6.07, 6.45) is 1.80. The van der Waals surface area contributed by atoms with Crippen LogP contribution in [0.2, 0.25) is 0 Å². The number of furan rings is 1. The molecule has 2 nitrogen and oxygen atoms in total. The van der Waals surface area contributed by atoms with Gasteiger partial charge in [0, 0.05) is 11.6 Å². The van der Waals surface area contributed by atoms with Crippen molar-refractivity contribution in [3.8, 4) is 11.1 Å². The van der Waals surface area contributed by atoms with E-state index in [1.54, 1.807) is 6.26 Å². The topological polar surface area (TPSA) is 25.2 Å². The first-order chi connectivity index (χ1) is 9.84. The summed E-state index contributed by atoms with van der Waals surface area (Å²) < 4.78 is 5.73. The summed E-state index contributed by atoms with van der Waals surface area (Å²) in [5.41, 5.74) is 9.47. The lowest BCUT2D eigenvalue weighted by Gasteiger charge is -2.19. The Balaban J connectivity index is 2.56. The van der Waals surface area contributed by atoms with Gasteiger partial charge in [0.05, 0.1) is 12.8 Å². The van der Waals surface area contributed by atoms with Gasteiger partial charge >= 0.3 is 0 Å². The van der Waals surface area contributed by atoms with Crippen LogP contribution in [0.3, 0.4) is 0 Å². The van der Waals surface area contributed by atoms with Crippen molar-refractivity contribution in [2.45, 2.75) is 61.1 Å². The molecule has 0 amide bonds. The van der Waals surface area contributed by atoms with E-state index in [2.05, 4.69) is 59.8 Å². The first kappa shape index (κ1) is 15.8. The van der Waals surface area contributed by atoms with E-state index >= 15 is 0 Å². The third kappa shape index (κ3) is 2.91. The quantitative estimate of drug-likeness (QED) is 0.856. The number of nitrogens with one attached hydrogen (secondary N) is 1. The molecule has 0 aliphatic heterocycles. The van der Waals surface area contributed by atoms with E-state index in [9.17, 15) is 0 Å². The highest BCUT2D eigenvalue weighted by Gasteiger charge is 2.18. The molecule has 1 aromatic heterocycles. The van der Waals surface area contributed by atoms with Gasteiger partial charge in [0.15, 0.2) is 0 Å². The van der Waals surface area contributed by atoms with E-state index in [4.69, 9.17) is 4.42 Å². The van der Waals surface area contributed by atoms with Gasteiger partial charge in [-0.3, -0.25) is 0 Å². The molecule has 0 aliphatic rings. The van der Waals surface area contributed by atoms with Crippen molar-refractivity contribution in [1.29, 1.82) is 0 Å². The summed E-state index contributed by atoms with van der Waals surface area (Å²) in [4.78, 5) is 0. The van der Waals surface area contributed by atoms with Gasteiger partial charge in [0.2, 0.25) is 0 Å². The van der Waals surface area contributed by atoms with Crippen LogP contribution in [0.1, 0.15) is 47.4 Å². The van der Waals surface area contributed by atoms with E-state index in [0.29, 0.717) is 6.04 Å². The number of hydrogen-bond donors (Lipinski definition) is 1. The Morgan fingerprint density at radius 3 is 1.95 bits per heavy atom. The van der Waals surface area contributed by atoms with E-state index in [-0.39, 0.29) is 0 Å². The van der Waals surface area contributed by atoms with Crippen molar-refractivity contribution in [3.63, 3.8) is 0 Å². The minimum absolute atomic E-state index is 0.451. The Hall–Kier alpha value is -1.54. The van der Waals surface area contributed by atoms with E-state index < -0.39 is 0 Å². The van der Waals surface area contributed by atoms with Crippen LogP contribution in [-0.2, 0) is 6.54 Å². The average molecular weight is 285 g/mol. The molecule has 0 spiro atoms. The van der Waals surface area contributed by atoms with Crippen LogP contribution in [0.25, 0.3) is 11.1 Å². The standard InChI is InChI=1S/C19H27NO/c1-11(2)20-10-18-17(8-9-21-18)19-15(6)13(4)12(3)14(5)16(19)7/h8-9,11,20H,10H2,1-7H3. The largest absolute Gasteiger partial charge is 0.467 e. The highest BCUT2D eigenvalue weighted by atomic mass is 16.3. The lowest BCUT2D eigenvalue weighted by molar-refractivity contribution is 0.466. The van der Waals surface area contributed by atoms with Crippen LogP contribution in [-0.4, -0.2) is 6.04 Å². The zero-order valence-electron chi connectivity index (χ0n) is 14.3. The molecule has 0 saturated carbocycles. The summed E-state index contributed by atoms with van der Waals surface area (Å²) in [5.74, 6) is 1.03. The highest BCUT2D eigenvalue weighted by Crippen LogP contribution is 2.36. The van der Waals surface area contributed by atoms with Gasteiger partial charge in [0.1, 0.15) is 5.76 Å². The first-order valence-corrected chi connectivity index (χ1v) is 7.71. The molecule has 2 heteroatoms. The molecule has 1 heterocycles. The molecule has 0 unspecified atom stereocenters. The van der Waals surface area contributed by atoms with Crippen LogP contribution in [0.15, 0.2) is 16.7 Å². The molecular formula is C19H27NO. The van der Waals surface area contributed by atoms with Crippen LogP contribution in [0.4, 0.5) is 0 Å². The molecule has 2 rings (SSSR count). The third-order valence-corrected chi connectivity index (χ3v) is 4.69. The zero-order chi connectivity index (χ0) is 15.7. The lowest BCUT2D eigenvalue weighted by Crippen LogP contribution is -2.21. The van der Waals surface area contributed by atoms with Gasteiger partial charge < -0.3 is 9.73 Å². The fourth-order valence-corrected chi connectivity index (χ4v) is 2.90. The fraction of sp³-hybridized carbons (Fsp3) is 0.474. The van der Waals surface area contributed by atoms with Crippen molar-refractivity contribution in [1.82, 2.24) is 5.32 Å². The molecule has 0 radical (unpaired) electrons. The van der Waals surface area contributed by atoms with Gasteiger partial charge in [-0.15, -0.1) is 0 Å². The maximum absolute atomic E-state index is 5.73. The van der Waals surface area contributed by atoms with Crippen molar-refractivity contribution >= 4 is 0 Å². The Morgan fingerprint density at radius 2 is 1.43 bits per heavy atom. The van der Waals surface area contributed by atoms with Crippen molar-refractivity contribution in [2.24, 2.45) is 0 Å². The lowest BCUT2D eigenvalue weighted by atomic mass is 9.86. The van der Waals surface area contributed by atoms with E-state index in [1.807, 2.05) is 0 Å². The molecule has 0 fully saturated rings. The van der Waals surface area contributed by atoms with Gasteiger partial charge in [-0.1, -0.05) is 13.8 Å². The number of rotatable bonds is 4. The van der Waals surface area contributed by atoms with Crippen molar-refractivity contribution < 1.29 is 4.42 Å². The Labute approximate surface area is 128 Å². The summed E-state index contributed by atoms with van der Waals surface area (Å²) in [6, 6.07) is 2.55. The summed E-state index contributed by atoms with van der Waals surface area (Å²) in [6.45, 7) is 16.2. The second-order valence-corrected chi connectivity index (χ2v) is 6.29. The Kier molecular flexibility index (Phi) is 4.58. The Bertz CT molecular complexity index is 621. The van der Waals surface area contributed by atoms with Crippen LogP contribution < -0.4 is 5.32 Å². The molecular weight excluding hydrogens is 258 g/mol. The van der Waals surface area contributed by atoms with Crippen molar-refractivity contribution in [3.05, 3.63) is 45.9 Å². The molecule has 21 heavy (non-hydrogen) atoms. The average Bonchev–Trinajstić information content (AvgIpc) is 2.89. The number of hydrogen-bond acceptors (Lipinski definition) is 2. The van der Waals surface area contributed by atoms with Crippen LogP contribution >= 0.6 is 0 Å².